The molecule has 1 amide bonds. The molecule has 0 saturated carbocycles. The van der Waals surface area contributed by atoms with E-state index in [1.807, 2.05) is 42.5 Å². The van der Waals surface area contributed by atoms with Gasteiger partial charge >= 0.3 is 0 Å². The maximum Gasteiger partial charge on any atom is 0.259 e. The van der Waals surface area contributed by atoms with E-state index in [2.05, 4.69) is 15.8 Å². The molecule has 0 aliphatic carbocycles. The molecule has 0 aliphatic rings. The van der Waals surface area contributed by atoms with Crippen molar-refractivity contribution in [2.45, 2.75) is 0 Å². The lowest BCUT2D eigenvalue weighted by molar-refractivity contribution is -0.119. The number of carbonyl (C=O) groups is 1. The molecule has 0 atom stereocenters. The van der Waals surface area contributed by atoms with Crippen LogP contribution in [0.4, 0.5) is 5.69 Å². The molecule has 0 bridgehead atoms. The lowest BCUT2D eigenvalue weighted by atomic mass is 10.1. The Hall–Kier alpha value is -3.74. The highest BCUT2D eigenvalue weighted by Crippen LogP contribution is 2.37. The molecule has 0 radical (unpaired) electrons. The molecule has 150 valence electrons. The van der Waals surface area contributed by atoms with Crippen molar-refractivity contribution in [2.75, 3.05) is 33.2 Å². The summed E-state index contributed by atoms with van der Waals surface area (Å²) in [7, 11) is 4.62. The molecule has 0 aromatic heterocycles. The Kier molecular flexibility index (Phi) is 6.52. The summed E-state index contributed by atoms with van der Waals surface area (Å²) in [6.07, 6.45) is 1.51. The number of hydrogen-bond donors (Lipinski definition) is 2. The van der Waals surface area contributed by atoms with E-state index in [1.54, 1.807) is 26.4 Å². The van der Waals surface area contributed by atoms with E-state index in [-0.39, 0.29) is 12.5 Å². The summed E-state index contributed by atoms with van der Waals surface area (Å²) in [6, 6.07) is 17.5. The van der Waals surface area contributed by atoms with Crippen molar-refractivity contribution in [1.29, 1.82) is 0 Å². The van der Waals surface area contributed by atoms with Gasteiger partial charge in [0.25, 0.3) is 5.91 Å². The summed E-state index contributed by atoms with van der Waals surface area (Å²) in [5.74, 6) is 1.26. The van der Waals surface area contributed by atoms with Crippen LogP contribution in [0.25, 0.3) is 10.8 Å². The number of carbonyl (C=O) groups excluding carboxylic acids is 1. The van der Waals surface area contributed by atoms with Gasteiger partial charge in [0.05, 0.1) is 34.1 Å². The number of hydrogen-bond acceptors (Lipinski definition) is 6. The summed E-state index contributed by atoms with van der Waals surface area (Å²) in [5.41, 5.74) is 4.06. The van der Waals surface area contributed by atoms with Crippen molar-refractivity contribution in [3.8, 4) is 17.2 Å². The van der Waals surface area contributed by atoms with Crippen LogP contribution >= 0.6 is 0 Å². The van der Waals surface area contributed by atoms with Crippen LogP contribution in [0.2, 0.25) is 0 Å². The smallest absolute Gasteiger partial charge is 0.259 e. The average molecular weight is 393 g/mol. The number of rotatable bonds is 8. The van der Waals surface area contributed by atoms with Gasteiger partial charge in [-0.2, -0.15) is 5.10 Å². The highest BCUT2D eigenvalue weighted by molar-refractivity contribution is 5.88. The number of nitrogens with one attached hydrogen (secondary N) is 2. The summed E-state index contributed by atoms with van der Waals surface area (Å²) < 4.78 is 15.9. The molecule has 0 heterocycles. The number of methoxy groups -OCH3 is 3. The molecule has 0 fully saturated rings. The molecular weight excluding hydrogens is 370 g/mol. The van der Waals surface area contributed by atoms with Crippen molar-refractivity contribution in [3.05, 3.63) is 60.2 Å². The van der Waals surface area contributed by atoms with Gasteiger partial charge in [0.2, 0.25) is 5.75 Å². The molecule has 0 spiro atoms. The van der Waals surface area contributed by atoms with Gasteiger partial charge < -0.3 is 19.5 Å². The minimum Gasteiger partial charge on any atom is -0.493 e. The Balaban J connectivity index is 1.59. The molecule has 0 aliphatic heterocycles. The van der Waals surface area contributed by atoms with E-state index in [1.165, 1.54) is 13.3 Å². The molecule has 7 nitrogen and oxygen atoms in total. The van der Waals surface area contributed by atoms with Crippen LogP contribution in [0.1, 0.15) is 5.56 Å². The summed E-state index contributed by atoms with van der Waals surface area (Å²) >= 11 is 0. The van der Waals surface area contributed by atoms with Crippen molar-refractivity contribution >= 4 is 28.6 Å². The third kappa shape index (κ3) is 4.95. The maximum absolute atomic E-state index is 12.1. The van der Waals surface area contributed by atoms with Gasteiger partial charge in [0.1, 0.15) is 0 Å². The SMILES string of the molecule is COc1cc(/C=N/NC(=O)CNc2ccc3ccccc3c2)cc(OC)c1OC. The second-order valence-corrected chi connectivity index (χ2v) is 6.17. The number of amides is 1. The molecule has 0 saturated heterocycles. The van der Waals surface area contributed by atoms with Crippen LogP contribution in [0.5, 0.6) is 17.2 Å². The summed E-state index contributed by atoms with van der Waals surface area (Å²) in [5, 5.41) is 9.35. The first-order valence-corrected chi connectivity index (χ1v) is 8.99. The van der Waals surface area contributed by atoms with E-state index in [0.717, 1.165) is 16.5 Å². The molecule has 2 N–H and O–H groups in total. The van der Waals surface area contributed by atoms with Gasteiger partial charge in [-0.1, -0.05) is 30.3 Å². The molecule has 0 unspecified atom stereocenters. The fraction of sp³-hybridized carbons (Fsp3) is 0.182. The van der Waals surface area contributed by atoms with Crippen molar-refractivity contribution in [3.63, 3.8) is 0 Å². The first-order valence-electron chi connectivity index (χ1n) is 8.99. The minimum absolute atomic E-state index is 0.102. The van der Waals surface area contributed by atoms with Gasteiger partial charge in [0, 0.05) is 11.3 Å². The average Bonchev–Trinajstić information content (AvgIpc) is 2.76. The zero-order valence-electron chi connectivity index (χ0n) is 16.6. The fourth-order valence-electron chi connectivity index (χ4n) is 2.88. The van der Waals surface area contributed by atoms with E-state index in [0.29, 0.717) is 22.8 Å². The van der Waals surface area contributed by atoms with Crippen molar-refractivity contribution in [2.24, 2.45) is 5.10 Å². The quantitative estimate of drug-likeness (QED) is 0.453. The predicted octanol–water partition coefficient (Wildman–Crippen LogP) is 3.43. The second-order valence-electron chi connectivity index (χ2n) is 6.17. The maximum atomic E-state index is 12.1. The van der Waals surface area contributed by atoms with Crippen LogP contribution in [-0.2, 0) is 4.79 Å². The Morgan fingerprint density at radius 3 is 2.28 bits per heavy atom. The van der Waals surface area contributed by atoms with Gasteiger partial charge in [-0.3, -0.25) is 4.79 Å². The highest BCUT2D eigenvalue weighted by atomic mass is 16.5. The van der Waals surface area contributed by atoms with Gasteiger partial charge in [-0.25, -0.2) is 5.43 Å². The standard InChI is InChI=1S/C22H23N3O4/c1-27-19-10-15(11-20(28-2)22(19)29-3)13-24-25-21(26)14-23-18-9-8-16-6-4-5-7-17(16)12-18/h4-13,23H,14H2,1-3H3,(H,25,26)/b24-13+. The van der Waals surface area contributed by atoms with Gasteiger partial charge in [-0.15, -0.1) is 0 Å². The molecule has 7 heteroatoms. The Morgan fingerprint density at radius 2 is 1.62 bits per heavy atom. The van der Waals surface area contributed by atoms with Crippen LogP contribution in [0, 0.1) is 0 Å². The fourth-order valence-corrected chi connectivity index (χ4v) is 2.88. The highest BCUT2D eigenvalue weighted by Gasteiger charge is 2.12. The van der Waals surface area contributed by atoms with Crippen LogP contribution in [0.15, 0.2) is 59.7 Å². The Bertz CT molecular complexity index is 1010. The monoisotopic (exact) mass is 393 g/mol. The van der Waals surface area contributed by atoms with Crippen LogP contribution < -0.4 is 25.0 Å². The topological polar surface area (TPSA) is 81.2 Å². The summed E-state index contributed by atoms with van der Waals surface area (Å²) in [4.78, 5) is 12.1. The van der Waals surface area contributed by atoms with E-state index >= 15 is 0 Å². The third-order valence-corrected chi connectivity index (χ3v) is 4.29. The van der Waals surface area contributed by atoms with Crippen LogP contribution in [0.3, 0.4) is 0 Å². The van der Waals surface area contributed by atoms with E-state index in [9.17, 15) is 4.79 Å². The Morgan fingerprint density at radius 1 is 0.931 bits per heavy atom. The number of fused-ring (bicyclic) bond motifs is 1. The number of anilines is 1. The van der Waals surface area contributed by atoms with E-state index in [4.69, 9.17) is 14.2 Å². The molecule has 3 aromatic rings. The number of benzene rings is 3. The minimum atomic E-state index is -0.262. The zero-order valence-corrected chi connectivity index (χ0v) is 16.6. The largest absolute Gasteiger partial charge is 0.493 e. The summed E-state index contributed by atoms with van der Waals surface area (Å²) in [6.45, 7) is 0.102. The normalized spacial score (nSPS) is 10.7. The number of ether oxygens (including phenoxy) is 3. The first-order chi connectivity index (χ1) is 14.1. The van der Waals surface area contributed by atoms with Crippen LogP contribution in [-0.4, -0.2) is 40.0 Å². The number of nitrogens with zero attached hydrogens (tertiary/aromatic N) is 1. The van der Waals surface area contributed by atoms with E-state index < -0.39 is 0 Å². The van der Waals surface area contributed by atoms with Crippen molar-refractivity contribution in [1.82, 2.24) is 5.43 Å². The zero-order chi connectivity index (χ0) is 20.6. The third-order valence-electron chi connectivity index (χ3n) is 4.29. The lowest BCUT2D eigenvalue weighted by Gasteiger charge is -2.12. The Labute approximate surface area is 169 Å². The molecular formula is C22H23N3O4. The first kappa shape index (κ1) is 20.0. The van der Waals surface area contributed by atoms with Crippen molar-refractivity contribution < 1.29 is 19.0 Å². The molecule has 3 aromatic carbocycles. The molecule has 3 rings (SSSR count). The number of hydrazone groups is 1. The lowest BCUT2D eigenvalue weighted by Crippen LogP contribution is -2.25. The predicted molar refractivity (Wildman–Crippen MR) is 114 cm³/mol. The van der Waals surface area contributed by atoms with Gasteiger partial charge in [-0.05, 0) is 35.0 Å². The molecule has 29 heavy (non-hydrogen) atoms. The second kappa shape index (κ2) is 9.45. The van der Waals surface area contributed by atoms with Gasteiger partial charge in [0.15, 0.2) is 11.5 Å².